The lowest BCUT2D eigenvalue weighted by Crippen LogP contribution is -2.40. The van der Waals surface area contributed by atoms with Gasteiger partial charge in [0.1, 0.15) is 0 Å². The number of hydrogen-bond donors (Lipinski definition) is 0. The monoisotopic (exact) mass is 301 g/mol. The third kappa shape index (κ3) is 3.20. The second-order valence-electron chi connectivity index (χ2n) is 6.09. The minimum atomic E-state index is 0.102. The zero-order valence-electron chi connectivity index (χ0n) is 13.4. The van der Waals surface area contributed by atoms with Crippen molar-refractivity contribution in [1.82, 2.24) is 15.0 Å². The van der Waals surface area contributed by atoms with Crippen LogP contribution in [0.3, 0.4) is 0 Å². The lowest BCUT2D eigenvalue weighted by molar-refractivity contribution is -0.0469. The Balaban J connectivity index is 1.71. The van der Waals surface area contributed by atoms with Crippen molar-refractivity contribution in [3.8, 4) is 0 Å². The van der Waals surface area contributed by atoms with Crippen molar-refractivity contribution in [2.45, 2.75) is 38.8 Å². The summed E-state index contributed by atoms with van der Waals surface area (Å²) < 4.78 is 11.4. The van der Waals surface area contributed by atoms with Crippen molar-refractivity contribution in [3.63, 3.8) is 0 Å². The number of aromatic nitrogens is 2. The molecule has 1 aromatic carbocycles. The van der Waals surface area contributed by atoms with Crippen LogP contribution in [-0.2, 0) is 4.74 Å². The maximum atomic E-state index is 5.92. The Morgan fingerprint density at radius 2 is 1.95 bits per heavy atom. The first-order valence-electron chi connectivity index (χ1n) is 7.89. The molecule has 0 radical (unpaired) electrons. The van der Waals surface area contributed by atoms with Gasteiger partial charge in [-0.15, -0.1) is 0 Å². The van der Waals surface area contributed by atoms with Gasteiger partial charge in [-0.3, -0.25) is 4.90 Å². The molecule has 0 unspecified atom stereocenters. The zero-order valence-corrected chi connectivity index (χ0v) is 13.4. The molecule has 0 spiro atoms. The van der Waals surface area contributed by atoms with Gasteiger partial charge < -0.3 is 9.26 Å². The Kier molecular flexibility index (Phi) is 4.55. The van der Waals surface area contributed by atoms with E-state index in [0.29, 0.717) is 5.89 Å². The molecule has 118 valence electrons. The number of rotatable bonds is 4. The average Bonchev–Trinajstić information content (AvgIpc) is 3.05. The smallest absolute Gasteiger partial charge is 0.243 e. The Labute approximate surface area is 131 Å². The van der Waals surface area contributed by atoms with E-state index in [1.54, 1.807) is 0 Å². The first kappa shape index (κ1) is 15.2. The summed E-state index contributed by atoms with van der Waals surface area (Å²) >= 11 is 0. The molecule has 0 saturated carbocycles. The summed E-state index contributed by atoms with van der Waals surface area (Å²) in [5, 5.41) is 4.06. The summed E-state index contributed by atoms with van der Waals surface area (Å²) in [6, 6.07) is 10.5. The minimum Gasteiger partial charge on any atom is -0.371 e. The minimum absolute atomic E-state index is 0.102. The van der Waals surface area contributed by atoms with Crippen molar-refractivity contribution in [2.24, 2.45) is 0 Å². The van der Waals surface area contributed by atoms with Gasteiger partial charge in [0.2, 0.25) is 5.89 Å². The molecule has 22 heavy (non-hydrogen) atoms. The molecule has 1 aromatic heterocycles. The summed E-state index contributed by atoms with van der Waals surface area (Å²) in [6.45, 7) is 8.69. The van der Waals surface area contributed by atoms with E-state index in [9.17, 15) is 0 Å². The highest BCUT2D eigenvalue weighted by molar-refractivity contribution is 5.18. The van der Waals surface area contributed by atoms with E-state index in [4.69, 9.17) is 9.26 Å². The average molecular weight is 301 g/mol. The largest absolute Gasteiger partial charge is 0.371 e. The predicted molar refractivity (Wildman–Crippen MR) is 83.5 cm³/mol. The van der Waals surface area contributed by atoms with Crippen molar-refractivity contribution in [2.75, 3.05) is 19.7 Å². The van der Waals surface area contributed by atoms with E-state index in [-0.39, 0.29) is 18.1 Å². The van der Waals surface area contributed by atoms with Gasteiger partial charge >= 0.3 is 0 Å². The van der Waals surface area contributed by atoms with Gasteiger partial charge in [-0.2, -0.15) is 4.98 Å². The highest BCUT2D eigenvalue weighted by Gasteiger charge is 2.28. The topological polar surface area (TPSA) is 51.4 Å². The SMILES string of the molecule is CC(C)c1noc([C@@H](C)N2CCO[C@H](c3ccccc3)C2)n1. The molecule has 2 aromatic rings. The highest BCUT2D eigenvalue weighted by Crippen LogP contribution is 2.28. The number of ether oxygens (including phenoxy) is 1. The van der Waals surface area contributed by atoms with Gasteiger partial charge in [0.15, 0.2) is 5.82 Å². The van der Waals surface area contributed by atoms with Crippen molar-refractivity contribution in [1.29, 1.82) is 0 Å². The molecular weight excluding hydrogens is 278 g/mol. The summed E-state index contributed by atoms with van der Waals surface area (Å²) in [6.07, 6.45) is 0.102. The molecular formula is C17H23N3O2. The first-order valence-corrected chi connectivity index (χ1v) is 7.89. The molecule has 5 heteroatoms. The Hall–Kier alpha value is -1.72. The lowest BCUT2D eigenvalue weighted by atomic mass is 10.1. The van der Waals surface area contributed by atoms with Gasteiger partial charge in [0, 0.05) is 19.0 Å². The van der Waals surface area contributed by atoms with Crippen LogP contribution in [0.1, 0.15) is 56.1 Å². The van der Waals surface area contributed by atoms with Gasteiger partial charge in [-0.05, 0) is 12.5 Å². The van der Waals surface area contributed by atoms with Crippen LogP contribution >= 0.6 is 0 Å². The van der Waals surface area contributed by atoms with E-state index >= 15 is 0 Å². The van der Waals surface area contributed by atoms with Gasteiger partial charge in [0.25, 0.3) is 0 Å². The highest BCUT2D eigenvalue weighted by atomic mass is 16.5. The van der Waals surface area contributed by atoms with E-state index in [2.05, 4.69) is 47.9 Å². The Bertz CT molecular complexity index is 597. The van der Waals surface area contributed by atoms with E-state index in [1.807, 2.05) is 18.2 Å². The van der Waals surface area contributed by atoms with Crippen LogP contribution in [-0.4, -0.2) is 34.7 Å². The molecule has 2 atom stereocenters. The molecule has 0 amide bonds. The van der Waals surface area contributed by atoms with Crippen LogP contribution < -0.4 is 0 Å². The molecule has 1 saturated heterocycles. The molecule has 0 aliphatic carbocycles. The molecule has 1 aliphatic rings. The van der Waals surface area contributed by atoms with Crippen molar-refractivity contribution in [3.05, 3.63) is 47.6 Å². The molecule has 5 nitrogen and oxygen atoms in total. The van der Waals surface area contributed by atoms with E-state index in [1.165, 1.54) is 5.56 Å². The third-order valence-corrected chi connectivity index (χ3v) is 4.15. The number of nitrogens with zero attached hydrogens (tertiary/aromatic N) is 3. The molecule has 3 rings (SSSR count). The summed E-state index contributed by atoms with van der Waals surface area (Å²) in [7, 11) is 0. The molecule has 0 N–H and O–H groups in total. The van der Waals surface area contributed by atoms with Crippen LogP contribution in [0.2, 0.25) is 0 Å². The standard InChI is InChI=1S/C17H23N3O2/c1-12(2)16-18-17(22-19-16)13(3)20-9-10-21-15(11-20)14-7-5-4-6-8-14/h4-8,12-13,15H,9-11H2,1-3H3/t13-,15+/m1/s1. The van der Waals surface area contributed by atoms with Crippen LogP contribution in [0.25, 0.3) is 0 Å². The van der Waals surface area contributed by atoms with Crippen molar-refractivity contribution < 1.29 is 9.26 Å². The molecule has 2 heterocycles. The number of benzene rings is 1. The second kappa shape index (κ2) is 6.58. The number of morpholine rings is 1. The zero-order chi connectivity index (χ0) is 15.5. The van der Waals surface area contributed by atoms with Crippen LogP contribution in [0.5, 0.6) is 0 Å². The molecule has 1 aliphatic heterocycles. The summed E-state index contributed by atoms with van der Waals surface area (Å²) in [4.78, 5) is 6.87. The van der Waals surface area contributed by atoms with Gasteiger partial charge in [-0.1, -0.05) is 49.3 Å². The normalized spacial score (nSPS) is 21.2. The molecule has 0 bridgehead atoms. The summed E-state index contributed by atoms with van der Waals surface area (Å²) in [5.74, 6) is 1.75. The van der Waals surface area contributed by atoms with Crippen LogP contribution in [0.4, 0.5) is 0 Å². The van der Waals surface area contributed by atoms with E-state index < -0.39 is 0 Å². The third-order valence-electron chi connectivity index (χ3n) is 4.15. The maximum Gasteiger partial charge on any atom is 0.243 e. The van der Waals surface area contributed by atoms with E-state index in [0.717, 1.165) is 25.5 Å². The van der Waals surface area contributed by atoms with Gasteiger partial charge in [0.05, 0.1) is 18.8 Å². The van der Waals surface area contributed by atoms with Gasteiger partial charge in [-0.25, -0.2) is 0 Å². The second-order valence-corrected chi connectivity index (χ2v) is 6.09. The fourth-order valence-electron chi connectivity index (χ4n) is 2.70. The first-order chi connectivity index (χ1) is 10.6. The molecule has 1 fully saturated rings. The predicted octanol–water partition coefficient (Wildman–Crippen LogP) is 3.33. The lowest BCUT2D eigenvalue weighted by Gasteiger charge is -2.35. The Morgan fingerprint density at radius 3 is 2.64 bits per heavy atom. The van der Waals surface area contributed by atoms with Crippen LogP contribution in [0, 0.1) is 0 Å². The quantitative estimate of drug-likeness (QED) is 0.867. The van der Waals surface area contributed by atoms with Crippen LogP contribution in [0.15, 0.2) is 34.9 Å². The Morgan fingerprint density at radius 1 is 1.18 bits per heavy atom. The summed E-state index contributed by atoms with van der Waals surface area (Å²) in [5.41, 5.74) is 1.22. The maximum absolute atomic E-state index is 5.92. The number of hydrogen-bond acceptors (Lipinski definition) is 5. The fourth-order valence-corrected chi connectivity index (χ4v) is 2.70. The van der Waals surface area contributed by atoms with Crippen molar-refractivity contribution >= 4 is 0 Å². The fraction of sp³-hybridized carbons (Fsp3) is 0.529.